The fraction of sp³-hybridized carbons (Fsp3) is 0.278. The van der Waals surface area contributed by atoms with Gasteiger partial charge in [0.05, 0.1) is 0 Å². The molecule has 0 radical (unpaired) electrons. The maximum atomic E-state index is 11.8. The second kappa shape index (κ2) is 8.67. The van der Waals surface area contributed by atoms with E-state index in [9.17, 15) is 9.59 Å². The molecular formula is C18H21N3O3. The number of nitrogens with zero attached hydrogens (tertiary/aromatic N) is 1. The Labute approximate surface area is 141 Å². The largest absolute Gasteiger partial charge is 0.483 e. The van der Waals surface area contributed by atoms with Gasteiger partial charge in [-0.25, -0.2) is 0 Å². The van der Waals surface area contributed by atoms with E-state index in [4.69, 9.17) is 4.74 Å². The molecule has 0 spiro atoms. The zero-order valence-corrected chi connectivity index (χ0v) is 13.8. The van der Waals surface area contributed by atoms with E-state index in [1.54, 1.807) is 12.4 Å². The molecule has 2 rings (SSSR count). The summed E-state index contributed by atoms with van der Waals surface area (Å²) >= 11 is 0. The van der Waals surface area contributed by atoms with Crippen molar-refractivity contribution in [1.29, 1.82) is 0 Å². The van der Waals surface area contributed by atoms with Crippen LogP contribution in [0, 0.1) is 13.8 Å². The lowest BCUT2D eigenvalue weighted by Gasteiger charge is -2.12. The molecule has 2 aromatic rings. The number of hydrogen-bond acceptors (Lipinski definition) is 4. The van der Waals surface area contributed by atoms with Crippen LogP contribution in [-0.2, 0) is 16.0 Å². The molecule has 0 aliphatic heterocycles. The van der Waals surface area contributed by atoms with E-state index in [0.717, 1.165) is 16.7 Å². The third-order valence-electron chi connectivity index (χ3n) is 3.46. The SMILES string of the molecule is Cc1cccc(C)c1OCC(=O)NNC(=O)CCc1cccnc1. The summed E-state index contributed by atoms with van der Waals surface area (Å²) in [5, 5.41) is 0. The van der Waals surface area contributed by atoms with E-state index < -0.39 is 5.91 Å². The topological polar surface area (TPSA) is 80.3 Å². The first-order valence-electron chi connectivity index (χ1n) is 7.72. The van der Waals surface area contributed by atoms with Crippen LogP contribution < -0.4 is 15.6 Å². The molecular weight excluding hydrogens is 306 g/mol. The predicted molar refractivity (Wildman–Crippen MR) is 90.3 cm³/mol. The van der Waals surface area contributed by atoms with Crippen LogP contribution in [-0.4, -0.2) is 23.4 Å². The highest BCUT2D eigenvalue weighted by atomic mass is 16.5. The van der Waals surface area contributed by atoms with Gasteiger partial charge in [-0.2, -0.15) is 0 Å². The second-order valence-corrected chi connectivity index (χ2v) is 5.47. The third-order valence-corrected chi connectivity index (χ3v) is 3.46. The molecule has 0 saturated heterocycles. The second-order valence-electron chi connectivity index (χ2n) is 5.47. The Morgan fingerprint density at radius 1 is 1.04 bits per heavy atom. The number of amides is 2. The lowest BCUT2D eigenvalue weighted by molar-refractivity contribution is -0.130. The lowest BCUT2D eigenvalue weighted by Crippen LogP contribution is -2.43. The van der Waals surface area contributed by atoms with Crippen LogP contribution in [0.5, 0.6) is 5.75 Å². The van der Waals surface area contributed by atoms with Gasteiger partial charge in [0.25, 0.3) is 5.91 Å². The molecule has 0 bridgehead atoms. The number of aromatic nitrogens is 1. The summed E-state index contributed by atoms with van der Waals surface area (Å²) in [6, 6.07) is 9.48. The summed E-state index contributed by atoms with van der Waals surface area (Å²) in [5.41, 5.74) is 7.62. The Hall–Kier alpha value is -2.89. The van der Waals surface area contributed by atoms with Crippen LogP contribution in [0.2, 0.25) is 0 Å². The first-order chi connectivity index (χ1) is 11.6. The molecule has 126 valence electrons. The molecule has 1 aromatic carbocycles. The van der Waals surface area contributed by atoms with Crippen LogP contribution in [0.25, 0.3) is 0 Å². The van der Waals surface area contributed by atoms with E-state index in [1.165, 1.54) is 0 Å². The number of pyridine rings is 1. The van der Waals surface area contributed by atoms with Gasteiger partial charge in [0.15, 0.2) is 6.61 Å². The van der Waals surface area contributed by atoms with Crippen molar-refractivity contribution < 1.29 is 14.3 Å². The van der Waals surface area contributed by atoms with Crippen molar-refractivity contribution >= 4 is 11.8 Å². The smallest absolute Gasteiger partial charge is 0.276 e. The van der Waals surface area contributed by atoms with E-state index in [0.29, 0.717) is 12.2 Å². The number of hydrogen-bond donors (Lipinski definition) is 2. The first kappa shape index (κ1) is 17.5. The van der Waals surface area contributed by atoms with E-state index >= 15 is 0 Å². The standard InChI is InChI=1S/C18H21N3O3/c1-13-5-3-6-14(2)18(13)24-12-17(23)21-20-16(22)9-8-15-7-4-10-19-11-15/h3-7,10-11H,8-9,12H2,1-2H3,(H,20,22)(H,21,23). The maximum absolute atomic E-state index is 11.8. The molecule has 6 nitrogen and oxygen atoms in total. The van der Waals surface area contributed by atoms with Gasteiger partial charge in [0, 0.05) is 18.8 Å². The number of carbonyl (C=O) groups excluding carboxylic acids is 2. The van der Waals surface area contributed by atoms with Gasteiger partial charge in [-0.05, 0) is 43.0 Å². The van der Waals surface area contributed by atoms with Crippen molar-refractivity contribution in [3.63, 3.8) is 0 Å². The Kier molecular flexibility index (Phi) is 6.31. The van der Waals surface area contributed by atoms with Crippen molar-refractivity contribution in [2.24, 2.45) is 0 Å². The summed E-state index contributed by atoms with van der Waals surface area (Å²) in [7, 11) is 0. The fourth-order valence-corrected chi connectivity index (χ4v) is 2.21. The molecule has 1 heterocycles. The number of carbonyl (C=O) groups is 2. The van der Waals surface area contributed by atoms with Gasteiger partial charge in [-0.3, -0.25) is 25.4 Å². The number of aryl methyl sites for hydroxylation is 3. The minimum Gasteiger partial charge on any atom is -0.483 e. The molecule has 0 unspecified atom stereocenters. The summed E-state index contributed by atoms with van der Waals surface area (Å²) < 4.78 is 5.52. The van der Waals surface area contributed by atoms with Gasteiger partial charge >= 0.3 is 0 Å². The normalized spacial score (nSPS) is 10.1. The average Bonchev–Trinajstić information content (AvgIpc) is 2.58. The lowest BCUT2D eigenvalue weighted by atomic mass is 10.1. The zero-order valence-electron chi connectivity index (χ0n) is 13.8. The molecule has 2 amide bonds. The highest BCUT2D eigenvalue weighted by molar-refractivity contribution is 5.82. The summed E-state index contributed by atoms with van der Waals surface area (Å²) in [6.45, 7) is 3.68. The van der Waals surface area contributed by atoms with Crippen molar-refractivity contribution in [3.05, 3.63) is 59.4 Å². The number of ether oxygens (including phenoxy) is 1. The minimum absolute atomic E-state index is 0.158. The highest BCUT2D eigenvalue weighted by Crippen LogP contribution is 2.21. The number of rotatable bonds is 6. The molecule has 0 saturated carbocycles. The zero-order chi connectivity index (χ0) is 17.4. The van der Waals surface area contributed by atoms with Gasteiger partial charge < -0.3 is 4.74 Å². The third kappa shape index (κ3) is 5.39. The van der Waals surface area contributed by atoms with Crippen LogP contribution in [0.1, 0.15) is 23.1 Å². The van der Waals surface area contributed by atoms with Crippen molar-refractivity contribution in [1.82, 2.24) is 15.8 Å². The van der Waals surface area contributed by atoms with Gasteiger partial charge in [0.1, 0.15) is 5.75 Å². The molecule has 0 fully saturated rings. The Morgan fingerprint density at radius 2 is 1.75 bits per heavy atom. The molecule has 24 heavy (non-hydrogen) atoms. The quantitative estimate of drug-likeness (QED) is 0.794. The molecule has 0 aliphatic rings. The average molecular weight is 327 g/mol. The maximum Gasteiger partial charge on any atom is 0.276 e. The fourth-order valence-electron chi connectivity index (χ4n) is 2.21. The predicted octanol–water partition coefficient (Wildman–Crippen LogP) is 1.86. The monoisotopic (exact) mass is 327 g/mol. The van der Waals surface area contributed by atoms with Crippen LogP contribution in [0.3, 0.4) is 0 Å². The summed E-state index contributed by atoms with van der Waals surface area (Å²) in [4.78, 5) is 27.5. The van der Waals surface area contributed by atoms with Gasteiger partial charge in [-0.15, -0.1) is 0 Å². The van der Waals surface area contributed by atoms with Crippen molar-refractivity contribution in [3.8, 4) is 5.75 Å². The van der Waals surface area contributed by atoms with E-state index in [-0.39, 0.29) is 18.9 Å². The Morgan fingerprint density at radius 3 is 2.42 bits per heavy atom. The number of nitrogens with one attached hydrogen (secondary N) is 2. The Bertz CT molecular complexity index is 682. The number of hydrazine groups is 1. The number of para-hydroxylation sites is 1. The van der Waals surface area contributed by atoms with E-state index in [2.05, 4.69) is 15.8 Å². The van der Waals surface area contributed by atoms with Crippen LogP contribution >= 0.6 is 0 Å². The van der Waals surface area contributed by atoms with E-state index in [1.807, 2.05) is 44.2 Å². The summed E-state index contributed by atoms with van der Waals surface area (Å²) in [6.07, 6.45) is 4.22. The molecule has 1 aromatic heterocycles. The van der Waals surface area contributed by atoms with Crippen molar-refractivity contribution in [2.45, 2.75) is 26.7 Å². The van der Waals surface area contributed by atoms with Gasteiger partial charge in [-0.1, -0.05) is 24.3 Å². The van der Waals surface area contributed by atoms with Crippen LogP contribution in [0.4, 0.5) is 0 Å². The summed E-state index contributed by atoms with van der Waals surface area (Å²) in [5.74, 6) is 0.0159. The van der Waals surface area contributed by atoms with Crippen molar-refractivity contribution in [2.75, 3.05) is 6.61 Å². The minimum atomic E-state index is -0.410. The molecule has 6 heteroatoms. The number of benzene rings is 1. The highest BCUT2D eigenvalue weighted by Gasteiger charge is 2.08. The van der Waals surface area contributed by atoms with Gasteiger partial charge in [0.2, 0.25) is 5.91 Å². The molecule has 2 N–H and O–H groups in total. The molecule has 0 aliphatic carbocycles. The van der Waals surface area contributed by atoms with Crippen LogP contribution in [0.15, 0.2) is 42.7 Å². The first-order valence-corrected chi connectivity index (χ1v) is 7.72. The Balaban J connectivity index is 1.70. The molecule has 0 atom stereocenters.